The van der Waals surface area contributed by atoms with Crippen molar-refractivity contribution in [3.8, 4) is 17.1 Å². The molecular weight excluding hydrogens is 452 g/mol. The molecule has 0 radical (unpaired) electrons. The van der Waals surface area contributed by atoms with Crippen LogP contribution in [0.3, 0.4) is 0 Å². The highest BCUT2D eigenvalue weighted by Gasteiger charge is 2.22. The van der Waals surface area contributed by atoms with Gasteiger partial charge in [-0.15, -0.1) is 21.5 Å². The number of nitrogens with one attached hydrogen (secondary N) is 1. The smallest absolute Gasteiger partial charge is 0.259 e. The van der Waals surface area contributed by atoms with Crippen LogP contribution >= 0.6 is 23.1 Å². The summed E-state index contributed by atoms with van der Waals surface area (Å²) in [5.41, 5.74) is 3.95. The van der Waals surface area contributed by atoms with Crippen molar-refractivity contribution in [2.75, 3.05) is 0 Å². The molecule has 33 heavy (non-hydrogen) atoms. The normalized spacial score (nSPS) is 12.4. The predicted octanol–water partition coefficient (Wildman–Crippen LogP) is 5.41. The molecule has 9 heteroatoms. The summed E-state index contributed by atoms with van der Waals surface area (Å²) in [6.45, 7) is 8.07. The molecular formula is C24H22N6OS2. The van der Waals surface area contributed by atoms with Crippen molar-refractivity contribution in [1.82, 2.24) is 29.7 Å². The summed E-state index contributed by atoms with van der Waals surface area (Å²) in [5, 5.41) is 10.3. The van der Waals surface area contributed by atoms with Gasteiger partial charge in [-0.1, -0.05) is 30.0 Å². The molecule has 0 bridgehead atoms. The van der Waals surface area contributed by atoms with Crippen LogP contribution in [0.2, 0.25) is 0 Å². The van der Waals surface area contributed by atoms with Gasteiger partial charge >= 0.3 is 0 Å². The lowest BCUT2D eigenvalue weighted by atomic mass is 10.2. The van der Waals surface area contributed by atoms with Gasteiger partial charge in [0.2, 0.25) is 0 Å². The minimum Gasteiger partial charge on any atom is -0.309 e. The molecule has 0 spiro atoms. The van der Waals surface area contributed by atoms with E-state index in [2.05, 4.69) is 43.8 Å². The van der Waals surface area contributed by atoms with Gasteiger partial charge < -0.3 is 4.98 Å². The summed E-state index contributed by atoms with van der Waals surface area (Å²) in [7, 11) is 0. The second-order valence-electron chi connectivity index (χ2n) is 7.84. The zero-order chi connectivity index (χ0) is 23.1. The molecule has 1 aromatic carbocycles. The Balaban J connectivity index is 1.59. The Morgan fingerprint density at radius 3 is 2.58 bits per heavy atom. The molecule has 5 aromatic rings. The number of thiophene rings is 1. The summed E-state index contributed by atoms with van der Waals surface area (Å²) >= 11 is 3.07. The molecule has 4 heterocycles. The Bertz CT molecular complexity index is 1520. The van der Waals surface area contributed by atoms with E-state index >= 15 is 0 Å². The maximum atomic E-state index is 12.8. The standard InChI is InChI=1S/C24H22N6OS2/c1-13-7-5-6-8-18(13)30-21(17-9-11-25-12-10-17)28-29-24(30)33-16(4)20-26-22(31)19-14(2)15(3)32-23(19)27-20/h5-12,16H,1-4H3,(H,26,27,31)/t16-/m1/s1. The van der Waals surface area contributed by atoms with E-state index in [1.165, 1.54) is 11.8 Å². The number of thioether (sulfide) groups is 1. The van der Waals surface area contributed by atoms with E-state index < -0.39 is 0 Å². The molecule has 1 N–H and O–H groups in total. The van der Waals surface area contributed by atoms with Gasteiger partial charge in [-0.2, -0.15) is 0 Å². The first-order valence-corrected chi connectivity index (χ1v) is 12.2. The number of nitrogens with zero attached hydrogens (tertiary/aromatic N) is 5. The van der Waals surface area contributed by atoms with Gasteiger partial charge in [0.25, 0.3) is 5.56 Å². The third kappa shape index (κ3) is 3.87. The number of fused-ring (bicyclic) bond motifs is 1. The third-order valence-corrected chi connectivity index (χ3v) is 7.81. The molecule has 4 aromatic heterocycles. The average Bonchev–Trinajstić information content (AvgIpc) is 3.35. The van der Waals surface area contributed by atoms with Crippen molar-refractivity contribution in [2.45, 2.75) is 38.1 Å². The number of aromatic nitrogens is 6. The van der Waals surface area contributed by atoms with Gasteiger partial charge in [-0.05, 0) is 57.0 Å². The van der Waals surface area contributed by atoms with Gasteiger partial charge in [-0.3, -0.25) is 14.3 Å². The molecule has 0 saturated heterocycles. The number of hydrogen-bond acceptors (Lipinski definition) is 7. The van der Waals surface area contributed by atoms with Crippen LogP contribution < -0.4 is 5.56 Å². The van der Waals surface area contributed by atoms with E-state index in [4.69, 9.17) is 4.98 Å². The van der Waals surface area contributed by atoms with Crippen molar-refractivity contribution in [3.63, 3.8) is 0 Å². The lowest BCUT2D eigenvalue weighted by Gasteiger charge is -2.15. The molecule has 0 amide bonds. The second-order valence-corrected chi connectivity index (χ2v) is 10.3. The summed E-state index contributed by atoms with van der Waals surface area (Å²) in [4.78, 5) is 26.5. The van der Waals surface area contributed by atoms with Gasteiger partial charge in [-0.25, -0.2) is 4.98 Å². The van der Waals surface area contributed by atoms with E-state index in [-0.39, 0.29) is 10.8 Å². The summed E-state index contributed by atoms with van der Waals surface area (Å²) in [5.74, 6) is 1.37. The highest BCUT2D eigenvalue weighted by molar-refractivity contribution is 7.99. The third-order valence-electron chi connectivity index (χ3n) is 5.65. The van der Waals surface area contributed by atoms with E-state index in [0.29, 0.717) is 11.2 Å². The molecule has 0 aliphatic rings. The van der Waals surface area contributed by atoms with Crippen LogP contribution in [0.5, 0.6) is 0 Å². The molecule has 5 rings (SSSR count). The number of pyridine rings is 1. The largest absolute Gasteiger partial charge is 0.309 e. The number of aromatic amines is 1. The van der Waals surface area contributed by atoms with E-state index in [1.54, 1.807) is 23.7 Å². The van der Waals surface area contributed by atoms with E-state index in [1.807, 2.05) is 45.0 Å². The number of benzene rings is 1. The highest BCUT2D eigenvalue weighted by Crippen LogP contribution is 2.37. The SMILES string of the molecule is Cc1ccccc1-n1c(S[C@H](C)c2nc3sc(C)c(C)c3c(=O)[nH]2)nnc1-c1ccncc1. The molecule has 0 aliphatic heterocycles. The lowest BCUT2D eigenvalue weighted by Crippen LogP contribution is -2.13. The number of hydrogen-bond donors (Lipinski definition) is 1. The zero-order valence-corrected chi connectivity index (χ0v) is 20.3. The van der Waals surface area contributed by atoms with Crippen molar-refractivity contribution >= 4 is 33.3 Å². The molecule has 1 atom stereocenters. The molecule has 0 saturated carbocycles. The Hall–Kier alpha value is -3.30. The first kappa shape index (κ1) is 21.5. The van der Waals surface area contributed by atoms with Gasteiger partial charge in [0.1, 0.15) is 10.7 Å². The van der Waals surface area contributed by atoms with Gasteiger partial charge in [0.05, 0.1) is 16.3 Å². The van der Waals surface area contributed by atoms with Crippen molar-refractivity contribution in [2.24, 2.45) is 0 Å². The molecule has 0 aliphatic carbocycles. The van der Waals surface area contributed by atoms with Crippen LogP contribution in [0.15, 0.2) is 58.7 Å². The van der Waals surface area contributed by atoms with Crippen molar-refractivity contribution < 1.29 is 0 Å². The Labute approximate surface area is 199 Å². The highest BCUT2D eigenvalue weighted by atomic mass is 32.2. The van der Waals surface area contributed by atoms with Crippen molar-refractivity contribution in [3.05, 3.63) is 81.0 Å². The number of H-pyrrole nitrogens is 1. The molecule has 7 nitrogen and oxygen atoms in total. The van der Waals surface area contributed by atoms with Crippen LogP contribution in [-0.4, -0.2) is 29.7 Å². The number of para-hydroxylation sites is 1. The average molecular weight is 475 g/mol. The van der Waals surface area contributed by atoms with Gasteiger partial charge in [0.15, 0.2) is 11.0 Å². The van der Waals surface area contributed by atoms with E-state index in [0.717, 1.165) is 43.1 Å². The lowest BCUT2D eigenvalue weighted by molar-refractivity contribution is 0.859. The van der Waals surface area contributed by atoms with Crippen LogP contribution in [-0.2, 0) is 0 Å². The first-order chi connectivity index (χ1) is 15.9. The van der Waals surface area contributed by atoms with Crippen LogP contribution in [0.25, 0.3) is 27.3 Å². The fourth-order valence-corrected chi connectivity index (χ4v) is 5.70. The minimum absolute atomic E-state index is 0.0952. The van der Waals surface area contributed by atoms with E-state index in [9.17, 15) is 4.79 Å². The first-order valence-electron chi connectivity index (χ1n) is 10.5. The maximum Gasteiger partial charge on any atom is 0.259 e. The molecule has 166 valence electrons. The summed E-state index contributed by atoms with van der Waals surface area (Å²) < 4.78 is 2.06. The summed E-state index contributed by atoms with van der Waals surface area (Å²) in [6.07, 6.45) is 3.49. The molecule has 0 fully saturated rings. The zero-order valence-electron chi connectivity index (χ0n) is 18.7. The van der Waals surface area contributed by atoms with Crippen LogP contribution in [0.4, 0.5) is 0 Å². The maximum absolute atomic E-state index is 12.8. The van der Waals surface area contributed by atoms with Gasteiger partial charge in [0, 0.05) is 22.8 Å². The predicted molar refractivity (Wildman–Crippen MR) is 133 cm³/mol. The fraction of sp³-hybridized carbons (Fsp3) is 0.208. The second kappa shape index (κ2) is 8.57. The van der Waals surface area contributed by atoms with Crippen molar-refractivity contribution in [1.29, 1.82) is 0 Å². The minimum atomic E-state index is -0.137. The Kier molecular flexibility index (Phi) is 5.59. The Morgan fingerprint density at radius 2 is 1.82 bits per heavy atom. The monoisotopic (exact) mass is 474 g/mol. The fourth-order valence-electron chi connectivity index (χ4n) is 3.74. The Morgan fingerprint density at radius 1 is 1.06 bits per heavy atom. The number of aryl methyl sites for hydroxylation is 3. The van der Waals surface area contributed by atoms with Crippen LogP contribution in [0.1, 0.15) is 34.0 Å². The summed E-state index contributed by atoms with van der Waals surface area (Å²) in [6, 6.07) is 12.0. The topological polar surface area (TPSA) is 89.4 Å². The van der Waals surface area contributed by atoms with Crippen LogP contribution in [0, 0.1) is 20.8 Å². The quantitative estimate of drug-likeness (QED) is 0.343. The molecule has 0 unspecified atom stereocenters. The number of rotatable bonds is 5.